The first-order valence-electron chi connectivity index (χ1n) is 16.3. The summed E-state index contributed by atoms with van der Waals surface area (Å²) in [6.45, 7) is 26.9. The van der Waals surface area contributed by atoms with E-state index in [4.69, 9.17) is 9.98 Å². The zero-order valence-electron chi connectivity index (χ0n) is 28.7. The van der Waals surface area contributed by atoms with Gasteiger partial charge in [0.25, 0.3) is 0 Å². The average Bonchev–Trinajstić information content (AvgIpc) is 3.01. The molecule has 2 aromatic rings. The molecule has 0 spiro atoms. The molecule has 3 heterocycles. The van der Waals surface area contributed by atoms with Crippen molar-refractivity contribution in [3.05, 3.63) is 88.8 Å². The Labute approximate surface area is 266 Å². The van der Waals surface area contributed by atoms with E-state index >= 15 is 0 Å². The number of allylic oxidation sites excluding steroid dienone is 6. The predicted octanol–water partition coefficient (Wildman–Crippen LogP) is 9.18. The SMILES string of the molecule is C=C(C)C1CC=C(C2=NC(C)C(C)N=C2C)CC1.C=C(C)C1CC=C(c2cnc(C)c(C)n2)CC1.CCc1ccnnc1C. The second kappa shape index (κ2) is 16.5. The third-order valence-corrected chi connectivity index (χ3v) is 9.21. The molecule has 6 nitrogen and oxygen atoms in total. The van der Waals surface area contributed by atoms with Crippen molar-refractivity contribution >= 4 is 17.0 Å². The lowest BCUT2D eigenvalue weighted by Crippen LogP contribution is -2.30. The van der Waals surface area contributed by atoms with Crippen LogP contribution in [-0.4, -0.2) is 43.7 Å². The Balaban J connectivity index is 0.000000190. The highest BCUT2D eigenvalue weighted by molar-refractivity contribution is 6.48. The van der Waals surface area contributed by atoms with Crippen molar-refractivity contribution in [2.24, 2.45) is 21.8 Å². The van der Waals surface area contributed by atoms with Gasteiger partial charge in [0.1, 0.15) is 0 Å². The standard InChI is InChI=1S/C16H24N2.C15H20N2.C7H10N2/c1-10(2)14-6-8-15(9-7-14)16-13(5)17-11(3)12(4)18-16;1-10(2)13-5-7-14(8-6-13)15-9-16-11(3)12(4)17-15;1-3-7-4-5-8-9-6(7)2/h8,11-12,14H,1,6-7,9H2,2-5H3;7,9,13H,1,5-6,8H2,2-4H3;4-5H,3H2,1-2H3. The van der Waals surface area contributed by atoms with E-state index in [-0.39, 0.29) is 0 Å². The molecule has 2 aromatic heterocycles. The van der Waals surface area contributed by atoms with Gasteiger partial charge in [0.15, 0.2) is 0 Å². The van der Waals surface area contributed by atoms with Gasteiger partial charge in [-0.25, -0.2) is 4.98 Å². The summed E-state index contributed by atoms with van der Waals surface area (Å²) >= 11 is 0. The number of hydrogen-bond donors (Lipinski definition) is 0. The van der Waals surface area contributed by atoms with Gasteiger partial charge in [0.05, 0.1) is 52.5 Å². The normalized spacial score (nSPS) is 22.9. The molecule has 236 valence electrons. The Kier molecular flexibility index (Phi) is 13.1. The molecule has 0 radical (unpaired) electrons. The molecule has 0 N–H and O–H groups in total. The lowest BCUT2D eigenvalue weighted by Gasteiger charge is -2.27. The van der Waals surface area contributed by atoms with Crippen LogP contribution in [0.25, 0.3) is 5.57 Å². The summed E-state index contributed by atoms with van der Waals surface area (Å²) in [6, 6.07) is 2.63. The monoisotopic (exact) mass is 594 g/mol. The van der Waals surface area contributed by atoms with Crippen molar-refractivity contribution in [2.75, 3.05) is 0 Å². The van der Waals surface area contributed by atoms with Crippen LogP contribution in [0, 0.1) is 32.6 Å². The van der Waals surface area contributed by atoms with Crippen LogP contribution in [0.15, 0.2) is 70.5 Å². The minimum Gasteiger partial charge on any atom is -0.283 e. The van der Waals surface area contributed by atoms with Crippen molar-refractivity contribution < 1.29 is 0 Å². The van der Waals surface area contributed by atoms with Crippen LogP contribution in [0.3, 0.4) is 0 Å². The Morgan fingerprint density at radius 2 is 1.41 bits per heavy atom. The minimum atomic E-state index is 0.309. The van der Waals surface area contributed by atoms with Crippen LogP contribution >= 0.6 is 0 Å². The van der Waals surface area contributed by atoms with Crippen LogP contribution in [0.2, 0.25) is 0 Å². The minimum absolute atomic E-state index is 0.309. The Morgan fingerprint density at radius 3 is 1.89 bits per heavy atom. The van der Waals surface area contributed by atoms with Gasteiger partial charge in [-0.05, 0) is 135 Å². The molecule has 0 aromatic carbocycles. The lowest BCUT2D eigenvalue weighted by atomic mass is 9.83. The number of nitrogens with zero attached hydrogens (tertiary/aromatic N) is 6. The summed E-state index contributed by atoms with van der Waals surface area (Å²) in [5.41, 5.74) is 13.0. The van der Waals surface area contributed by atoms with E-state index in [1.165, 1.54) is 40.7 Å². The summed E-state index contributed by atoms with van der Waals surface area (Å²) < 4.78 is 0. The van der Waals surface area contributed by atoms with Crippen molar-refractivity contribution in [2.45, 2.75) is 119 Å². The maximum atomic E-state index is 4.83. The number of aliphatic imine (C=N–C) groups is 2. The quantitative estimate of drug-likeness (QED) is 0.323. The Bertz CT molecular complexity index is 1440. The molecule has 4 unspecified atom stereocenters. The molecule has 0 amide bonds. The second-order valence-electron chi connectivity index (χ2n) is 12.7. The van der Waals surface area contributed by atoms with E-state index in [0.717, 1.165) is 66.3 Å². The average molecular weight is 595 g/mol. The molecule has 44 heavy (non-hydrogen) atoms. The van der Waals surface area contributed by atoms with Gasteiger partial charge in [0.2, 0.25) is 0 Å². The number of aromatic nitrogens is 4. The molecule has 0 fully saturated rings. The van der Waals surface area contributed by atoms with E-state index in [0.29, 0.717) is 23.9 Å². The highest BCUT2D eigenvalue weighted by atomic mass is 15.1. The molecule has 0 saturated carbocycles. The van der Waals surface area contributed by atoms with Crippen LogP contribution in [0.4, 0.5) is 0 Å². The van der Waals surface area contributed by atoms with Gasteiger partial charge in [0, 0.05) is 6.20 Å². The molecule has 6 heteroatoms. The molecule has 3 aliphatic rings. The van der Waals surface area contributed by atoms with Crippen molar-refractivity contribution in [3.63, 3.8) is 0 Å². The highest BCUT2D eigenvalue weighted by Crippen LogP contribution is 2.32. The van der Waals surface area contributed by atoms with E-state index in [2.05, 4.69) is 87.0 Å². The third-order valence-electron chi connectivity index (χ3n) is 9.21. The van der Waals surface area contributed by atoms with Gasteiger partial charge in [-0.2, -0.15) is 10.2 Å². The molecular formula is C38H54N6. The molecule has 5 rings (SSSR count). The molecule has 0 bridgehead atoms. The van der Waals surface area contributed by atoms with Crippen molar-refractivity contribution in [1.82, 2.24) is 20.2 Å². The maximum Gasteiger partial charge on any atom is 0.0845 e. The summed E-state index contributed by atoms with van der Waals surface area (Å²) in [5.74, 6) is 1.31. The fourth-order valence-electron chi connectivity index (χ4n) is 5.70. The fourth-order valence-corrected chi connectivity index (χ4v) is 5.70. The van der Waals surface area contributed by atoms with Crippen LogP contribution < -0.4 is 0 Å². The van der Waals surface area contributed by atoms with Crippen LogP contribution in [-0.2, 0) is 6.42 Å². The molecule has 4 atom stereocenters. The summed E-state index contributed by atoms with van der Waals surface area (Å²) in [4.78, 5) is 18.5. The van der Waals surface area contributed by atoms with Gasteiger partial charge in [-0.1, -0.05) is 43.4 Å². The van der Waals surface area contributed by atoms with Crippen molar-refractivity contribution in [3.8, 4) is 0 Å². The molecule has 1 aliphatic heterocycles. The van der Waals surface area contributed by atoms with Gasteiger partial charge < -0.3 is 0 Å². The van der Waals surface area contributed by atoms with E-state index < -0.39 is 0 Å². The van der Waals surface area contributed by atoms with Crippen LogP contribution in [0.1, 0.15) is 108 Å². The van der Waals surface area contributed by atoms with E-state index in [1.54, 1.807) is 6.20 Å². The summed E-state index contributed by atoms with van der Waals surface area (Å²) in [5, 5.41) is 7.64. The smallest absolute Gasteiger partial charge is 0.0845 e. The predicted molar refractivity (Wildman–Crippen MR) is 187 cm³/mol. The fraction of sp³-hybridized carbons (Fsp3) is 0.526. The Hall–Kier alpha value is -3.54. The van der Waals surface area contributed by atoms with Crippen molar-refractivity contribution in [1.29, 1.82) is 0 Å². The number of rotatable bonds is 5. The molecule has 0 saturated heterocycles. The first-order chi connectivity index (χ1) is 20.9. The second-order valence-corrected chi connectivity index (χ2v) is 12.7. The maximum absolute atomic E-state index is 4.83. The van der Waals surface area contributed by atoms with Gasteiger partial charge in [-0.15, -0.1) is 0 Å². The van der Waals surface area contributed by atoms with E-state index in [9.17, 15) is 0 Å². The molecular weight excluding hydrogens is 540 g/mol. The highest BCUT2D eigenvalue weighted by Gasteiger charge is 2.24. The van der Waals surface area contributed by atoms with Gasteiger partial charge >= 0.3 is 0 Å². The zero-order chi connectivity index (χ0) is 32.4. The third kappa shape index (κ3) is 9.73. The number of hydrogen-bond acceptors (Lipinski definition) is 6. The number of aryl methyl sites for hydroxylation is 4. The summed E-state index contributed by atoms with van der Waals surface area (Å²) in [6.07, 6.45) is 16.1. The first-order valence-corrected chi connectivity index (χ1v) is 16.3. The molecule has 2 aliphatic carbocycles. The van der Waals surface area contributed by atoms with Crippen LogP contribution in [0.5, 0.6) is 0 Å². The van der Waals surface area contributed by atoms with E-state index in [1.807, 2.05) is 33.0 Å². The lowest BCUT2D eigenvalue weighted by molar-refractivity contribution is 0.546. The largest absolute Gasteiger partial charge is 0.283 e. The zero-order valence-corrected chi connectivity index (χ0v) is 28.7. The summed E-state index contributed by atoms with van der Waals surface area (Å²) in [7, 11) is 0. The van der Waals surface area contributed by atoms with Gasteiger partial charge in [-0.3, -0.25) is 15.0 Å². The Morgan fingerprint density at radius 1 is 0.818 bits per heavy atom. The first kappa shape index (κ1) is 34.9. The topological polar surface area (TPSA) is 76.3 Å².